The van der Waals surface area contributed by atoms with Gasteiger partial charge in [-0.1, -0.05) is 43.3 Å². The van der Waals surface area contributed by atoms with E-state index in [9.17, 15) is 0 Å². The average Bonchev–Trinajstić information content (AvgIpc) is 2.72. The van der Waals surface area contributed by atoms with E-state index in [-0.39, 0.29) is 6.04 Å². The lowest BCUT2D eigenvalue weighted by molar-refractivity contribution is 0.488. The molecule has 0 saturated heterocycles. The molecule has 0 fully saturated rings. The van der Waals surface area contributed by atoms with Gasteiger partial charge in [0, 0.05) is 37.2 Å². The monoisotopic (exact) mass is 375 g/mol. The summed E-state index contributed by atoms with van der Waals surface area (Å²) in [7, 11) is 0. The fourth-order valence-electron chi connectivity index (χ4n) is 3.20. The maximum atomic E-state index is 5.93. The van der Waals surface area contributed by atoms with Gasteiger partial charge in [-0.2, -0.15) is 0 Å². The van der Waals surface area contributed by atoms with Gasteiger partial charge in [-0.15, -0.1) is 0 Å². The van der Waals surface area contributed by atoms with Crippen LogP contribution in [0.2, 0.25) is 0 Å². The van der Waals surface area contributed by atoms with Crippen molar-refractivity contribution >= 4 is 11.5 Å². The topological polar surface area (TPSA) is 75.9 Å². The molecule has 0 spiro atoms. The summed E-state index contributed by atoms with van der Waals surface area (Å²) >= 11 is 0. The fraction of sp³-hybridized carbons (Fsp3) is 0.304. The number of hydrogen-bond donors (Lipinski definition) is 3. The van der Waals surface area contributed by atoms with Gasteiger partial charge >= 0.3 is 0 Å². The standard InChI is InChI=1S/C23H29N5/c1-17(20-11-10-18(2)27-16-20)15-28-21(19-7-4-3-5-8-19)12-14-25-22-9-6-13-26-23(22)24/h3-11,13,16-17,21,25,28H,12,14-15H2,1-2H3,(H2,24,26)/t17?,21-/m0/s1. The normalized spacial score (nSPS) is 13.1. The number of aryl methyl sites for hydroxylation is 1. The second kappa shape index (κ2) is 9.85. The van der Waals surface area contributed by atoms with E-state index in [1.165, 1.54) is 11.1 Å². The van der Waals surface area contributed by atoms with E-state index in [4.69, 9.17) is 5.73 Å². The molecule has 1 aromatic carbocycles. The van der Waals surface area contributed by atoms with Crippen molar-refractivity contribution in [3.8, 4) is 0 Å². The summed E-state index contributed by atoms with van der Waals surface area (Å²) in [6.07, 6.45) is 4.62. The Morgan fingerprint density at radius 3 is 2.50 bits per heavy atom. The molecule has 2 aromatic heterocycles. The number of nitrogens with two attached hydrogens (primary N) is 1. The van der Waals surface area contributed by atoms with Crippen LogP contribution in [0.4, 0.5) is 11.5 Å². The number of aromatic nitrogens is 2. The van der Waals surface area contributed by atoms with Crippen LogP contribution < -0.4 is 16.4 Å². The zero-order valence-electron chi connectivity index (χ0n) is 16.6. The van der Waals surface area contributed by atoms with Crippen LogP contribution in [0.15, 0.2) is 67.0 Å². The minimum Gasteiger partial charge on any atom is -0.382 e. The van der Waals surface area contributed by atoms with E-state index < -0.39 is 0 Å². The van der Waals surface area contributed by atoms with Gasteiger partial charge in [0.25, 0.3) is 0 Å². The highest BCUT2D eigenvalue weighted by Crippen LogP contribution is 2.21. The van der Waals surface area contributed by atoms with Crippen molar-refractivity contribution < 1.29 is 0 Å². The predicted octanol–water partition coefficient (Wildman–Crippen LogP) is 4.30. The van der Waals surface area contributed by atoms with Gasteiger partial charge < -0.3 is 16.4 Å². The van der Waals surface area contributed by atoms with Crippen molar-refractivity contribution in [2.24, 2.45) is 0 Å². The zero-order valence-corrected chi connectivity index (χ0v) is 16.6. The van der Waals surface area contributed by atoms with Crippen LogP contribution in [0, 0.1) is 6.92 Å². The lowest BCUT2D eigenvalue weighted by Gasteiger charge is -2.22. The third-order valence-electron chi connectivity index (χ3n) is 4.96. The molecule has 5 heteroatoms. The van der Waals surface area contributed by atoms with Crippen LogP contribution in [0.5, 0.6) is 0 Å². The van der Waals surface area contributed by atoms with Crippen molar-refractivity contribution in [1.82, 2.24) is 15.3 Å². The summed E-state index contributed by atoms with van der Waals surface area (Å²) in [6, 6.07) is 18.9. The molecular formula is C23H29N5. The van der Waals surface area contributed by atoms with Gasteiger partial charge in [-0.05, 0) is 48.6 Å². The number of rotatable bonds is 9. The molecule has 2 atom stereocenters. The zero-order chi connectivity index (χ0) is 19.8. The van der Waals surface area contributed by atoms with Gasteiger partial charge in [0.05, 0.1) is 5.69 Å². The Bertz CT molecular complexity index is 848. The van der Waals surface area contributed by atoms with E-state index in [1.54, 1.807) is 6.20 Å². The highest BCUT2D eigenvalue weighted by atomic mass is 15.0. The number of benzene rings is 1. The van der Waals surface area contributed by atoms with Crippen molar-refractivity contribution in [2.75, 3.05) is 24.1 Å². The molecule has 0 saturated carbocycles. The first kappa shape index (κ1) is 19.8. The van der Waals surface area contributed by atoms with E-state index in [0.29, 0.717) is 11.7 Å². The molecular weight excluding hydrogens is 346 g/mol. The van der Waals surface area contributed by atoms with Crippen LogP contribution in [0.1, 0.15) is 42.1 Å². The number of nitrogen functional groups attached to an aromatic ring is 1. The predicted molar refractivity (Wildman–Crippen MR) is 116 cm³/mol. The molecule has 0 radical (unpaired) electrons. The molecule has 146 valence electrons. The Morgan fingerprint density at radius 2 is 1.79 bits per heavy atom. The molecule has 4 N–H and O–H groups in total. The fourth-order valence-corrected chi connectivity index (χ4v) is 3.20. The largest absolute Gasteiger partial charge is 0.382 e. The highest BCUT2D eigenvalue weighted by molar-refractivity contribution is 5.60. The van der Waals surface area contributed by atoms with Crippen molar-refractivity contribution in [1.29, 1.82) is 0 Å². The van der Waals surface area contributed by atoms with Crippen LogP contribution >= 0.6 is 0 Å². The summed E-state index contributed by atoms with van der Waals surface area (Å²) < 4.78 is 0. The van der Waals surface area contributed by atoms with E-state index in [1.807, 2.05) is 25.3 Å². The van der Waals surface area contributed by atoms with E-state index in [0.717, 1.165) is 30.9 Å². The second-order valence-corrected chi connectivity index (χ2v) is 7.16. The first-order chi connectivity index (χ1) is 13.6. The van der Waals surface area contributed by atoms with Crippen LogP contribution in [0.3, 0.4) is 0 Å². The van der Waals surface area contributed by atoms with Crippen LogP contribution in [-0.2, 0) is 0 Å². The van der Waals surface area contributed by atoms with Crippen molar-refractivity contribution in [3.63, 3.8) is 0 Å². The first-order valence-electron chi connectivity index (χ1n) is 9.78. The summed E-state index contributed by atoms with van der Waals surface area (Å²) in [5.74, 6) is 0.924. The molecule has 1 unspecified atom stereocenters. The summed E-state index contributed by atoms with van der Waals surface area (Å²) in [4.78, 5) is 8.55. The number of pyridine rings is 2. The van der Waals surface area contributed by atoms with E-state index in [2.05, 4.69) is 70.0 Å². The third kappa shape index (κ3) is 5.54. The van der Waals surface area contributed by atoms with Gasteiger partial charge in [0.2, 0.25) is 0 Å². The Morgan fingerprint density at radius 1 is 0.964 bits per heavy atom. The molecule has 3 aromatic rings. The molecule has 3 rings (SSSR count). The number of anilines is 2. The minimum absolute atomic E-state index is 0.257. The van der Waals surface area contributed by atoms with Crippen molar-refractivity contribution in [2.45, 2.75) is 32.2 Å². The minimum atomic E-state index is 0.257. The SMILES string of the molecule is Cc1ccc(C(C)CN[C@@H](CCNc2cccnc2N)c2ccccc2)cn1. The smallest absolute Gasteiger partial charge is 0.146 e. The molecule has 5 nitrogen and oxygen atoms in total. The Hall–Kier alpha value is -2.92. The van der Waals surface area contributed by atoms with Gasteiger partial charge in [0.1, 0.15) is 5.82 Å². The number of hydrogen-bond acceptors (Lipinski definition) is 5. The quantitative estimate of drug-likeness (QED) is 0.520. The highest BCUT2D eigenvalue weighted by Gasteiger charge is 2.14. The molecule has 0 bridgehead atoms. The Balaban J connectivity index is 1.60. The van der Waals surface area contributed by atoms with Gasteiger partial charge in [-0.3, -0.25) is 4.98 Å². The van der Waals surface area contributed by atoms with Crippen LogP contribution in [0.25, 0.3) is 0 Å². The molecule has 0 amide bonds. The number of nitrogens with one attached hydrogen (secondary N) is 2. The summed E-state index contributed by atoms with van der Waals surface area (Å²) in [6.45, 7) is 5.94. The Labute approximate surface area is 167 Å². The van der Waals surface area contributed by atoms with Crippen LogP contribution in [-0.4, -0.2) is 23.1 Å². The van der Waals surface area contributed by atoms with E-state index >= 15 is 0 Å². The molecule has 0 aliphatic carbocycles. The molecule has 0 aliphatic rings. The molecule has 0 aliphatic heterocycles. The maximum Gasteiger partial charge on any atom is 0.146 e. The van der Waals surface area contributed by atoms with Gasteiger partial charge in [0.15, 0.2) is 0 Å². The third-order valence-corrected chi connectivity index (χ3v) is 4.96. The second-order valence-electron chi connectivity index (χ2n) is 7.16. The lowest BCUT2D eigenvalue weighted by atomic mass is 10.00. The average molecular weight is 376 g/mol. The Kier molecular flexibility index (Phi) is 6.98. The molecule has 28 heavy (non-hydrogen) atoms. The maximum absolute atomic E-state index is 5.93. The molecule has 2 heterocycles. The lowest BCUT2D eigenvalue weighted by Crippen LogP contribution is -2.27. The summed E-state index contributed by atoms with van der Waals surface area (Å²) in [5, 5.41) is 7.14. The number of nitrogens with zero attached hydrogens (tertiary/aromatic N) is 2. The van der Waals surface area contributed by atoms with Gasteiger partial charge in [-0.25, -0.2) is 4.98 Å². The summed E-state index contributed by atoms with van der Waals surface area (Å²) in [5.41, 5.74) is 10.4. The first-order valence-corrected chi connectivity index (χ1v) is 9.78. The van der Waals surface area contributed by atoms with Crippen molar-refractivity contribution in [3.05, 3.63) is 83.8 Å².